The molecule has 1 saturated heterocycles. The molecule has 0 aromatic heterocycles. The van der Waals surface area contributed by atoms with E-state index in [1.807, 2.05) is 18.2 Å². The van der Waals surface area contributed by atoms with E-state index in [1.165, 1.54) is 68.3 Å². The molecule has 2 aromatic carbocycles. The maximum absolute atomic E-state index is 6.22. The molecule has 3 fully saturated rings. The molecule has 1 heterocycles. The molecule has 2 nitrogen and oxygen atoms in total. The van der Waals surface area contributed by atoms with Gasteiger partial charge in [-0.25, -0.2) is 0 Å². The van der Waals surface area contributed by atoms with Gasteiger partial charge in [-0.3, -0.25) is 0 Å². The summed E-state index contributed by atoms with van der Waals surface area (Å²) < 4.78 is 5.74. The Hall–Kier alpha value is -1.51. The molecule has 0 amide bonds. The predicted molar refractivity (Wildman–Crippen MR) is 116 cm³/mol. The molecule has 1 aliphatic heterocycles. The lowest BCUT2D eigenvalue weighted by Gasteiger charge is -2.40. The van der Waals surface area contributed by atoms with Gasteiger partial charge in [0.05, 0.1) is 7.11 Å². The summed E-state index contributed by atoms with van der Waals surface area (Å²) >= 11 is 6.22. The van der Waals surface area contributed by atoms with E-state index in [2.05, 4.69) is 29.2 Å². The van der Waals surface area contributed by atoms with Gasteiger partial charge in [0, 0.05) is 11.1 Å². The lowest BCUT2D eigenvalue weighted by atomic mass is 9.85. The minimum atomic E-state index is 0.587. The van der Waals surface area contributed by atoms with E-state index in [4.69, 9.17) is 16.3 Å². The monoisotopic (exact) mass is 395 g/mol. The van der Waals surface area contributed by atoms with Gasteiger partial charge in [-0.2, -0.15) is 0 Å². The number of hydrogen-bond donors (Lipinski definition) is 0. The lowest BCUT2D eigenvalue weighted by Crippen LogP contribution is -2.43. The van der Waals surface area contributed by atoms with Crippen molar-refractivity contribution in [2.75, 3.05) is 20.2 Å². The Balaban J connectivity index is 1.33. The summed E-state index contributed by atoms with van der Waals surface area (Å²) in [6, 6.07) is 15.6. The molecule has 3 aliphatic rings. The van der Waals surface area contributed by atoms with Crippen LogP contribution in [0.5, 0.6) is 5.75 Å². The van der Waals surface area contributed by atoms with Gasteiger partial charge in [0.1, 0.15) is 5.75 Å². The first kappa shape index (κ1) is 18.5. The number of hydrogen-bond acceptors (Lipinski definition) is 2. The third-order valence-corrected chi connectivity index (χ3v) is 7.76. The summed E-state index contributed by atoms with van der Waals surface area (Å²) in [4.78, 5) is 2.81. The SMILES string of the molecule is COc1ccc(-c2cccc(Cl)c2)cc1C1CCN([C@H]2C[C@H]3CC[C@H]2C3)CC1. The van der Waals surface area contributed by atoms with Crippen molar-refractivity contribution in [1.29, 1.82) is 0 Å². The average Bonchev–Trinajstić information content (AvgIpc) is 3.37. The fourth-order valence-corrected chi connectivity index (χ4v) is 6.29. The van der Waals surface area contributed by atoms with Gasteiger partial charge in [0.2, 0.25) is 0 Å². The van der Waals surface area contributed by atoms with Crippen molar-refractivity contribution in [2.45, 2.75) is 50.5 Å². The van der Waals surface area contributed by atoms with Crippen LogP contribution in [0.15, 0.2) is 42.5 Å². The first-order valence-corrected chi connectivity index (χ1v) is 11.3. The number of nitrogens with zero attached hydrogens (tertiary/aromatic N) is 1. The minimum absolute atomic E-state index is 0.587. The highest BCUT2D eigenvalue weighted by molar-refractivity contribution is 6.30. The Kier molecular flexibility index (Phi) is 5.11. The lowest BCUT2D eigenvalue weighted by molar-refractivity contribution is 0.110. The molecule has 3 heteroatoms. The van der Waals surface area contributed by atoms with Crippen molar-refractivity contribution in [3.63, 3.8) is 0 Å². The van der Waals surface area contributed by atoms with Crippen LogP contribution in [-0.4, -0.2) is 31.1 Å². The van der Waals surface area contributed by atoms with Gasteiger partial charge in [-0.05, 0) is 104 Å². The number of fused-ring (bicyclic) bond motifs is 2. The fraction of sp³-hybridized carbons (Fsp3) is 0.520. The molecule has 0 spiro atoms. The Morgan fingerprint density at radius 1 is 0.929 bits per heavy atom. The Morgan fingerprint density at radius 2 is 1.75 bits per heavy atom. The number of halogens is 1. The smallest absolute Gasteiger partial charge is 0.122 e. The van der Waals surface area contributed by atoms with Crippen molar-refractivity contribution in [1.82, 2.24) is 4.90 Å². The van der Waals surface area contributed by atoms with Crippen LogP contribution < -0.4 is 4.74 Å². The average molecular weight is 396 g/mol. The summed E-state index contributed by atoms with van der Waals surface area (Å²) in [6.45, 7) is 2.48. The third-order valence-electron chi connectivity index (χ3n) is 7.53. The first-order valence-electron chi connectivity index (χ1n) is 10.9. The van der Waals surface area contributed by atoms with Gasteiger partial charge in [0.15, 0.2) is 0 Å². The summed E-state index contributed by atoms with van der Waals surface area (Å²) in [6.07, 6.45) is 8.41. The largest absolute Gasteiger partial charge is 0.496 e. The van der Waals surface area contributed by atoms with E-state index in [-0.39, 0.29) is 0 Å². The summed E-state index contributed by atoms with van der Waals surface area (Å²) in [5, 5.41) is 0.786. The van der Waals surface area contributed by atoms with Crippen molar-refractivity contribution in [3.05, 3.63) is 53.1 Å². The maximum atomic E-state index is 6.22. The van der Waals surface area contributed by atoms with Crippen LogP contribution in [-0.2, 0) is 0 Å². The van der Waals surface area contributed by atoms with Crippen LogP contribution in [0.1, 0.15) is 50.0 Å². The molecule has 2 bridgehead atoms. The second-order valence-corrected chi connectivity index (χ2v) is 9.46. The normalized spacial score (nSPS) is 28.0. The van der Waals surface area contributed by atoms with Gasteiger partial charge in [-0.15, -0.1) is 0 Å². The topological polar surface area (TPSA) is 12.5 Å². The molecule has 28 heavy (non-hydrogen) atoms. The summed E-state index contributed by atoms with van der Waals surface area (Å²) in [5.41, 5.74) is 3.78. The van der Waals surface area contributed by atoms with Crippen LogP contribution in [0.25, 0.3) is 11.1 Å². The highest BCUT2D eigenvalue weighted by Crippen LogP contribution is 2.48. The molecule has 0 N–H and O–H groups in total. The van der Waals surface area contributed by atoms with Crippen LogP contribution in [0.4, 0.5) is 0 Å². The standard InChI is InChI=1S/C25H30ClNO/c1-28-25-8-7-20(19-3-2-4-22(26)15-19)16-23(25)18-9-11-27(12-10-18)24-14-17-5-6-21(24)13-17/h2-4,7-8,15-18,21,24H,5-6,9-14H2,1H3/t17-,21-,24-/m0/s1. The van der Waals surface area contributed by atoms with E-state index >= 15 is 0 Å². The molecular weight excluding hydrogens is 366 g/mol. The molecule has 2 aliphatic carbocycles. The van der Waals surface area contributed by atoms with E-state index in [0.29, 0.717) is 5.92 Å². The highest BCUT2D eigenvalue weighted by atomic mass is 35.5. The van der Waals surface area contributed by atoms with Crippen molar-refractivity contribution in [3.8, 4) is 16.9 Å². The van der Waals surface area contributed by atoms with Gasteiger partial charge in [-0.1, -0.05) is 36.2 Å². The zero-order chi connectivity index (χ0) is 19.1. The molecule has 148 valence electrons. The summed E-state index contributed by atoms with van der Waals surface area (Å²) in [5.74, 6) is 3.64. The van der Waals surface area contributed by atoms with E-state index in [0.717, 1.165) is 28.6 Å². The van der Waals surface area contributed by atoms with E-state index in [9.17, 15) is 0 Å². The zero-order valence-corrected chi connectivity index (χ0v) is 17.5. The second kappa shape index (κ2) is 7.72. The van der Waals surface area contributed by atoms with Gasteiger partial charge < -0.3 is 9.64 Å². The van der Waals surface area contributed by atoms with Crippen LogP contribution in [0.3, 0.4) is 0 Å². The second-order valence-electron chi connectivity index (χ2n) is 9.02. The van der Waals surface area contributed by atoms with Gasteiger partial charge in [0.25, 0.3) is 0 Å². The maximum Gasteiger partial charge on any atom is 0.122 e. The minimum Gasteiger partial charge on any atom is -0.496 e. The molecule has 0 radical (unpaired) electrons. The zero-order valence-electron chi connectivity index (χ0n) is 16.7. The molecule has 5 rings (SSSR count). The number of benzene rings is 2. The predicted octanol–water partition coefficient (Wildman–Crippen LogP) is 6.38. The molecule has 0 unspecified atom stereocenters. The van der Waals surface area contributed by atoms with Crippen molar-refractivity contribution < 1.29 is 4.74 Å². The Labute approximate surface area is 173 Å². The number of ether oxygens (including phenoxy) is 1. The van der Waals surface area contributed by atoms with E-state index < -0.39 is 0 Å². The molecule has 3 atom stereocenters. The van der Waals surface area contributed by atoms with E-state index in [1.54, 1.807) is 7.11 Å². The number of piperidine rings is 1. The quantitative estimate of drug-likeness (QED) is 0.595. The highest BCUT2D eigenvalue weighted by Gasteiger charge is 2.43. The van der Waals surface area contributed by atoms with Crippen LogP contribution in [0, 0.1) is 11.8 Å². The molecule has 2 saturated carbocycles. The molecule has 2 aromatic rings. The Morgan fingerprint density at radius 3 is 2.43 bits per heavy atom. The number of methoxy groups -OCH3 is 1. The number of likely N-dealkylation sites (tertiary alicyclic amines) is 1. The van der Waals surface area contributed by atoms with Crippen molar-refractivity contribution >= 4 is 11.6 Å². The van der Waals surface area contributed by atoms with Crippen LogP contribution >= 0.6 is 11.6 Å². The van der Waals surface area contributed by atoms with Crippen LogP contribution in [0.2, 0.25) is 5.02 Å². The first-order chi connectivity index (χ1) is 13.7. The molecular formula is C25H30ClNO. The summed E-state index contributed by atoms with van der Waals surface area (Å²) in [7, 11) is 1.79. The number of rotatable bonds is 4. The third kappa shape index (κ3) is 3.46. The Bertz CT molecular complexity index is 842. The van der Waals surface area contributed by atoms with Gasteiger partial charge >= 0.3 is 0 Å². The van der Waals surface area contributed by atoms with Crippen molar-refractivity contribution in [2.24, 2.45) is 11.8 Å². The fourth-order valence-electron chi connectivity index (χ4n) is 6.10.